The highest BCUT2D eigenvalue weighted by molar-refractivity contribution is 6.00. The number of halogens is 2. The first-order valence-electron chi connectivity index (χ1n) is 11.8. The van der Waals surface area contributed by atoms with E-state index in [0.29, 0.717) is 17.5 Å². The van der Waals surface area contributed by atoms with Crippen molar-refractivity contribution in [2.45, 2.75) is 72.1 Å². The quantitative estimate of drug-likeness (QED) is 0.323. The van der Waals surface area contributed by atoms with Crippen molar-refractivity contribution < 1.29 is 8.78 Å². The van der Waals surface area contributed by atoms with Crippen LogP contribution in [-0.4, -0.2) is 41.7 Å². The zero-order valence-corrected chi connectivity index (χ0v) is 20.1. The van der Waals surface area contributed by atoms with Crippen LogP contribution in [0.5, 0.6) is 0 Å². The fourth-order valence-electron chi connectivity index (χ4n) is 4.85. The summed E-state index contributed by atoms with van der Waals surface area (Å²) in [4.78, 5) is 5.53. The smallest absolute Gasteiger partial charge is 0.251 e. The predicted octanol–water partition coefficient (Wildman–Crippen LogP) is 7.52. The second kappa shape index (κ2) is 10.6. The molecule has 0 spiro atoms. The van der Waals surface area contributed by atoms with Gasteiger partial charge in [-0.1, -0.05) is 32.9 Å². The fraction of sp³-hybridized carbons (Fsp3) is 0.519. The highest BCUT2D eigenvalue weighted by atomic mass is 19.3. The molecule has 2 heterocycles. The van der Waals surface area contributed by atoms with Gasteiger partial charge in [0.15, 0.2) is 0 Å². The first-order valence-corrected chi connectivity index (χ1v) is 11.8. The van der Waals surface area contributed by atoms with Gasteiger partial charge in [0.05, 0.1) is 6.54 Å². The number of H-pyrrole nitrogens is 1. The Kier molecular flexibility index (Phi) is 8.05. The van der Waals surface area contributed by atoms with Crippen LogP contribution in [0.2, 0.25) is 0 Å². The first kappa shape index (κ1) is 24.4. The van der Waals surface area contributed by atoms with E-state index in [9.17, 15) is 8.78 Å². The first-order chi connectivity index (χ1) is 15.2. The van der Waals surface area contributed by atoms with Crippen molar-refractivity contribution in [1.82, 2.24) is 9.88 Å². The molecule has 0 bridgehead atoms. The normalized spacial score (nSPS) is 17.2. The maximum Gasteiger partial charge on any atom is 0.251 e. The molecule has 2 aromatic rings. The largest absolute Gasteiger partial charge is 0.354 e. The van der Waals surface area contributed by atoms with Crippen molar-refractivity contribution in [3.05, 3.63) is 52.7 Å². The summed E-state index contributed by atoms with van der Waals surface area (Å²) in [6, 6.07) is 6.68. The highest BCUT2D eigenvalue weighted by Crippen LogP contribution is 2.37. The number of benzene rings is 1. The summed E-state index contributed by atoms with van der Waals surface area (Å²) in [5.74, 6) is 0.760. The van der Waals surface area contributed by atoms with Crippen LogP contribution in [0.3, 0.4) is 0 Å². The van der Waals surface area contributed by atoms with Crippen LogP contribution in [0.25, 0.3) is 16.5 Å². The van der Waals surface area contributed by atoms with E-state index >= 15 is 0 Å². The SMILES string of the molecule is C/C=C(\C=C(\C)C(=N)CC)c1[nH]c2ccc(C3CCN(CC(F)F)CC3)cc2c1C(C)C. The molecule has 0 amide bonds. The van der Waals surface area contributed by atoms with Gasteiger partial charge in [-0.25, -0.2) is 8.78 Å². The molecule has 1 aliphatic rings. The Morgan fingerprint density at radius 2 is 1.94 bits per heavy atom. The second-order valence-corrected chi connectivity index (χ2v) is 9.24. The van der Waals surface area contributed by atoms with Crippen molar-refractivity contribution in [3.63, 3.8) is 0 Å². The Bertz CT molecular complexity index is 1010. The lowest BCUT2D eigenvalue weighted by atomic mass is 9.87. The van der Waals surface area contributed by atoms with Gasteiger partial charge in [0.25, 0.3) is 6.43 Å². The number of hydrogen-bond donors (Lipinski definition) is 2. The van der Waals surface area contributed by atoms with Crippen molar-refractivity contribution in [2.75, 3.05) is 19.6 Å². The van der Waals surface area contributed by atoms with E-state index in [2.05, 4.69) is 49.2 Å². The second-order valence-electron chi connectivity index (χ2n) is 9.24. The molecule has 0 atom stereocenters. The minimum atomic E-state index is -2.26. The lowest BCUT2D eigenvalue weighted by Crippen LogP contribution is -2.36. The molecular formula is C27H37F2N3. The Hall–Kier alpha value is -2.27. The molecule has 0 radical (unpaired) electrons. The summed E-state index contributed by atoms with van der Waals surface area (Å²) < 4.78 is 25.4. The molecule has 5 heteroatoms. The van der Waals surface area contributed by atoms with Gasteiger partial charge in [-0.3, -0.25) is 4.90 Å². The number of hydrogen-bond acceptors (Lipinski definition) is 2. The zero-order chi connectivity index (χ0) is 23.4. The van der Waals surface area contributed by atoms with Crippen LogP contribution in [0, 0.1) is 5.41 Å². The molecule has 1 fully saturated rings. The monoisotopic (exact) mass is 441 g/mol. The standard InChI is InChI=1S/C27H37F2N3/c1-6-19(14-18(5)23(30)7-2)27-26(17(3)4)22-15-21(8-9-24(22)31-27)20-10-12-32(13-11-20)16-25(28)29/h6,8-9,14-15,17,20,25,30-31H,7,10-13,16H2,1-5H3/b18-14-,19-6+,30-23?. The topological polar surface area (TPSA) is 42.9 Å². The number of fused-ring (bicyclic) bond motifs is 1. The van der Waals surface area contributed by atoms with Crippen molar-refractivity contribution in [2.24, 2.45) is 0 Å². The molecule has 174 valence electrons. The lowest BCUT2D eigenvalue weighted by molar-refractivity contribution is 0.0754. The average molecular weight is 442 g/mol. The van der Waals surface area contributed by atoms with Crippen LogP contribution in [0.4, 0.5) is 8.78 Å². The van der Waals surface area contributed by atoms with Gasteiger partial charge >= 0.3 is 0 Å². The van der Waals surface area contributed by atoms with E-state index in [1.165, 1.54) is 16.5 Å². The molecule has 1 aromatic carbocycles. The maximum absolute atomic E-state index is 12.7. The Balaban J connectivity index is 1.95. The summed E-state index contributed by atoms with van der Waals surface area (Å²) in [6.07, 6.45) is 4.55. The number of alkyl halides is 2. The van der Waals surface area contributed by atoms with Crippen molar-refractivity contribution >= 4 is 22.2 Å². The number of likely N-dealkylation sites (tertiary alicyclic amines) is 1. The number of aromatic nitrogens is 1. The number of aromatic amines is 1. The Morgan fingerprint density at radius 3 is 2.50 bits per heavy atom. The zero-order valence-electron chi connectivity index (χ0n) is 20.1. The minimum Gasteiger partial charge on any atom is -0.354 e. The van der Waals surface area contributed by atoms with Gasteiger partial charge in [0.2, 0.25) is 0 Å². The Labute approximate surface area is 191 Å². The molecule has 0 unspecified atom stereocenters. The van der Waals surface area contributed by atoms with Crippen molar-refractivity contribution in [3.8, 4) is 0 Å². The number of allylic oxidation sites excluding steroid dienone is 4. The summed E-state index contributed by atoms with van der Waals surface area (Å²) in [6.45, 7) is 11.9. The fourth-order valence-corrected chi connectivity index (χ4v) is 4.85. The number of nitrogens with one attached hydrogen (secondary N) is 2. The van der Waals surface area contributed by atoms with E-state index in [1.807, 2.05) is 25.7 Å². The van der Waals surface area contributed by atoms with Crippen LogP contribution < -0.4 is 0 Å². The van der Waals surface area contributed by atoms with Gasteiger partial charge in [0, 0.05) is 22.3 Å². The third-order valence-corrected chi connectivity index (χ3v) is 6.70. The van der Waals surface area contributed by atoms with Crippen LogP contribution >= 0.6 is 0 Å². The van der Waals surface area contributed by atoms with Gasteiger partial charge < -0.3 is 10.4 Å². The molecule has 1 aromatic heterocycles. The number of rotatable bonds is 8. The van der Waals surface area contributed by atoms with Gasteiger partial charge in [-0.2, -0.15) is 0 Å². The van der Waals surface area contributed by atoms with E-state index in [4.69, 9.17) is 5.41 Å². The number of nitrogens with zero attached hydrogens (tertiary/aromatic N) is 1. The van der Waals surface area contributed by atoms with Crippen molar-refractivity contribution in [1.29, 1.82) is 5.41 Å². The van der Waals surface area contributed by atoms with E-state index in [0.717, 1.165) is 54.7 Å². The lowest BCUT2D eigenvalue weighted by Gasteiger charge is -2.32. The van der Waals surface area contributed by atoms with E-state index in [1.54, 1.807) is 0 Å². The third-order valence-electron chi connectivity index (χ3n) is 6.70. The summed E-state index contributed by atoms with van der Waals surface area (Å²) in [7, 11) is 0. The molecule has 3 rings (SSSR count). The summed E-state index contributed by atoms with van der Waals surface area (Å²) in [5.41, 5.74) is 7.63. The van der Waals surface area contributed by atoms with E-state index in [-0.39, 0.29) is 6.54 Å². The minimum absolute atomic E-state index is 0.112. The third kappa shape index (κ3) is 5.37. The van der Waals surface area contributed by atoms with Crippen LogP contribution in [0.1, 0.15) is 82.5 Å². The predicted molar refractivity (Wildman–Crippen MR) is 132 cm³/mol. The molecule has 2 N–H and O–H groups in total. The maximum atomic E-state index is 12.7. The molecule has 3 nitrogen and oxygen atoms in total. The van der Waals surface area contributed by atoms with Crippen LogP contribution in [0.15, 0.2) is 35.9 Å². The van der Waals surface area contributed by atoms with E-state index < -0.39 is 6.43 Å². The average Bonchev–Trinajstić information content (AvgIpc) is 3.15. The van der Waals surface area contributed by atoms with Crippen LogP contribution in [-0.2, 0) is 0 Å². The highest BCUT2D eigenvalue weighted by Gasteiger charge is 2.24. The molecule has 32 heavy (non-hydrogen) atoms. The van der Waals surface area contributed by atoms with Gasteiger partial charge in [-0.15, -0.1) is 0 Å². The Morgan fingerprint density at radius 1 is 1.25 bits per heavy atom. The molecular weight excluding hydrogens is 404 g/mol. The molecule has 0 aliphatic carbocycles. The molecule has 1 saturated heterocycles. The van der Waals surface area contributed by atoms with Gasteiger partial charge in [-0.05, 0) is 98.5 Å². The van der Waals surface area contributed by atoms with Gasteiger partial charge in [0.1, 0.15) is 0 Å². The summed E-state index contributed by atoms with van der Waals surface area (Å²) >= 11 is 0. The molecule has 0 saturated carbocycles. The molecule has 1 aliphatic heterocycles. The summed E-state index contributed by atoms with van der Waals surface area (Å²) in [5, 5.41) is 9.41. The number of piperidine rings is 1.